The Morgan fingerprint density at radius 3 is 3.05 bits per heavy atom. The van der Waals surface area contributed by atoms with E-state index in [-0.39, 0.29) is 5.60 Å². The molecule has 1 spiro atoms. The van der Waals surface area contributed by atoms with E-state index < -0.39 is 0 Å². The molecule has 3 nitrogen and oxygen atoms in total. The molecule has 22 heavy (non-hydrogen) atoms. The molecule has 7 fully saturated rings. The summed E-state index contributed by atoms with van der Waals surface area (Å²) in [4.78, 5) is 0. The van der Waals surface area contributed by atoms with E-state index in [4.69, 9.17) is 9.47 Å². The second-order valence-corrected chi connectivity index (χ2v) is 9.66. The molecule has 2 heterocycles. The normalized spacial score (nSPS) is 69.8. The third kappa shape index (κ3) is 1.06. The van der Waals surface area contributed by atoms with Crippen molar-refractivity contribution >= 4 is 0 Å². The Morgan fingerprint density at radius 1 is 1.05 bits per heavy atom. The van der Waals surface area contributed by atoms with Gasteiger partial charge in [0, 0.05) is 6.04 Å². The molecule has 0 aromatic rings. The lowest BCUT2D eigenvalue weighted by molar-refractivity contribution is -0.118. The fraction of sp³-hybridized carbons (Fsp3) is 1.00. The van der Waals surface area contributed by atoms with Crippen LogP contribution in [-0.4, -0.2) is 31.1 Å². The first kappa shape index (κ1) is 12.3. The van der Waals surface area contributed by atoms with Gasteiger partial charge in [0.15, 0.2) is 0 Å². The van der Waals surface area contributed by atoms with E-state index in [9.17, 15) is 0 Å². The highest BCUT2D eigenvalue weighted by Gasteiger charge is 2.77. The molecule has 7 rings (SSSR count). The Labute approximate surface area is 132 Å². The summed E-state index contributed by atoms with van der Waals surface area (Å²) in [6, 6.07) is 0.842. The summed E-state index contributed by atoms with van der Waals surface area (Å²) in [7, 11) is 0. The van der Waals surface area contributed by atoms with Gasteiger partial charge in [-0.15, -0.1) is 0 Å². The van der Waals surface area contributed by atoms with Crippen molar-refractivity contribution in [3.05, 3.63) is 0 Å². The quantitative estimate of drug-likeness (QED) is 0.746. The van der Waals surface area contributed by atoms with Gasteiger partial charge in [0.2, 0.25) is 0 Å². The third-order valence-electron chi connectivity index (χ3n) is 9.70. The lowest BCUT2D eigenvalue weighted by Gasteiger charge is -2.60. The highest BCUT2D eigenvalue weighted by atomic mass is 16.7. The molecule has 5 aliphatic carbocycles. The van der Waals surface area contributed by atoms with Crippen LogP contribution >= 0.6 is 0 Å². The summed E-state index contributed by atoms with van der Waals surface area (Å²) >= 11 is 0. The molecule has 0 amide bonds. The fourth-order valence-electron chi connectivity index (χ4n) is 9.40. The molecule has 2 aliphatic heterocycles. The third-order valence-corrected chi connectivity index (χ3v) is 9.70. The van der Waals surface area contributed by atoms with Gasteiger partial charge in [-0.1, -0.05) is 6.42 Å². The predicted molar refractivity (Wildman–Crippen MR) is 81.0 cm³/mol. The maximum Gasteiger partial charge on any atom is 0.148 e. The van der Waals surface area contributed by atoms with Crippen LogP contribution in [-0.2, 0) is 9.47 Å². The van der Waals surface area contributed by atoms with E-state index in [1.54, 1.807) is 6.42 Å². The monoisotopic (exact) mass is 301 g/mol. The van der Waals surface area contributed by atoms with Gasteiger partial charge < -0.3 is 14.8 Å². The first-order valence-electron chi connectivity index (χ1n) is 9.82. The van der Waals surface area contributed by atoms with Crippen LogP contribution in [0.2, 0.25) is 0 Å². The average molecular weight is 301 g/mol. The van der Waals surface area contributed by atoms with E-state index in [0.29, 0.717) is 18.3 Å². The second-order valence-electron chi connectivity index (χ2n) is 9.66. The molecular formula is C19H27NO2. The molecule has 3 heteroatoms. The Balaban J connectivity index is 1.44. The fourth-order valence-corrected chi connectivity index (χ4v) is 9.40. The molecular weight excluding hydrogens is 274 g/mol. The number of rotatable bonds is 0. The molecule has 10 atom stereocenters. The molecule has 7 aliphatic rings. The van der Waals surface area contributed by atoms with Crippen molar-refractivity contribution in [3.8, 4) is 0 Å². The number of ether oxygens (including phenoxy) is 2. The maximum atomic E-state index is 6.27. The standard InChI is InChI=1S/C19H27NO2/c1-2-10-8-20-16-12-6-13(10)19(16,4-1)14-7-18-5-3-11(12)15(14)17(18)21-9-22-18/h10-17,20H,1-9H2/t10-,11+,12+,13+,14+,15+,16+,17?,18+,19-/m0/s1. The first-order chi connectivity index (χ1) is 10.8. The van der Waals surface area contributed by atoms with E-state index >= 15 is 0 Å². The van der Waals surface area contributed by atoms with Gasteiger partial charge in [-0.05, 0) is 86.0 Å². The van der Waals surface area contributed by atoms with Gasteiger partial charge in [-0.25, -0.2) is 0 Å². The zero-order valence-corrected chi connectivity index (χ0v) is 13.3. The van der Waals surface area contributed by atoms with E-state index in [1.165, 1.54) is 45.1 Å². The second kappa shape index (κ2) is 3.60. The van der Waals surface area contributed by atoms with Crippen LogP contribution in [0, 0.1) is 40.9 Å². The summed E-state index contributed by atoms with van der Waals surface area (Å²) in [5.74, 6) is 5.63. The van der Waals surface area contributed by atoms with Crippen LogP contribution in [0.4, 0.5) is 0 Å². The summed E-state index contributed by atoms with van der Waals surface area (Å²) in [5.41, 5.74) is 0.758. The molecule has 1 N–H and O–H groups in total. The maximum absolute atomic E-state index is 6.27. The highest BCUT2D eigenvalue weighted by molar-refractivity contribution is 5.27. The smallest absolute Gasteiger partial charge is 0.148 e. The van der Waals surface area contributed by atoms with Crippen molar-refractivity contribution in [2.75, 3.05) is 13.3 Å². The lowest BCUT2D eigenvalue weighted by Crippen LogP contribution is -2.65. The van der Waals surface area contributed by atoms with Gasteiger partial charge in [0.1, 0.15) is 6.79 Å². The number of nitrogens with one attached hydrogen (secondary N) is 1. The first-order valence-corrected chi connectivity index (χ1v) is 9.82. The van der Waals surface area contributed by atoms with Gasteiger partial charge in [-0.3, -0.25) is 0 Å². The van der Waals surface area contributed by atoms with Crippen molar-refractivity contribution in [2.24, 2.45) is 40.9 Å². The topological polar surface area (TPSA) is 30.5 Å². The van der Waals surface area contributed by atoms with Crippen LogP contribution in [0.3, 0.4) is 0 Å². The molecule has 0 aromatic heterocycles. The van der Waals surface area contributed by atoms with Crippen LogP contribution in [0.15, 0.2) is 0 Å². The lowest BCUT2D eigenvalue weighted by atomic mass is 9.49. The number of fused-ring (bicyclic) bond motifs is 1. The minimum atomic E-state index is 0.131. The minimum absolute atomic E-state index is 0.131. The van der Waals surface area contributed by atoms with Crippen molar-refractivity contribution in [3.63, 3.8) is 0 Å². The SMILES string of the molecule is C1C[C@H]2CN[C@@H]3[C@@H]4C[C@H]2[C@@]3(C1)[C@@H]1C[C@]23CC[C@H]4[C@H]1C2OCO3. The Morgan fingerprint density at radius 2 is 2.05 bits per heavy atom. The van der Waals surface area contributed by atoms with Gasteiger partial charge in [-0.2, -0.15) is 0 Å². The Hall–Kier alpha value is -0.120. The summed E-state index contributed by atoms with van der Waals surface area (Å²) < 4.78 is 12.5. The number of hydrogen-bond acceptors (Lipinski definition) is 3. The molecule has 0 aromatic carbocycles. The van der Waals surface area contributed by atoms with E-state index in [1.807, 2.05) is 0 Å². The average Bonchev–Trinajstić information content (AvgIpc) is 3.04. The van der Waals surface area contributed by atoms with Crippen molar-refractivity contribution in [2.45, 2.75) is 62.7 Å². The summed E-state index contributed by atoms with van der Waals surface area (Å²) in [5, 5.41) is 4.08. The van der Waals surface area contributed by atoms with Crippen molar-refractivity contribution in [1.82, 2.24) is 5.32 Å². The summed E-state index contributed by atoms with van der Waals surface area (Å²) in [6.07, 6.45) is 10.5. The summed E-state index contributed by atoms with van der Waals surface area (Å²) in [6.45, 7) is 1.89. The van der Waals surface area contributed by atoms with E-state index in [2.05, 4.69) is 5.32 Å². The zero-order valence-electron chi connectivity index (χ0n) is 13.3. The predicted octanol–water partition coefficient (Wildman–Crippen LogP) is 2.55. The molecule has 2 saturated heterocycles. The largest absolute Gasteiger partial charge is 0.349 e. The number of hydrogen-bond donors (Lipinski definition) is 1. The Kier molecular flexibility index (Phi) is 2.01. The van der Waals surface area contributed by atoms with Crippen LogP contribution < -0.4 is 5.32 Å². The Bertz CT molecular complexity index is 552. The van der Waals surface area contributed by atoms with Gasteiger partial charge in [0.25, 0.3) is 0 Å². The van der Waals surface area contributed by atoms with Crippen LogP contribution in [0.25, 0.3) is 0 Å². The molecule has 1 unspecified atom stereocenters. The van der Waals surface area contributed by atoms with Crippen molar-refractivity contribution < 1.29 is 9.47 Å². The van der Waals surface area contributed by atoms with E-state index in [0.717, 1.165) is 41.5 Å². The molecule has 0 radical (unpaired) electrons. The highest BCUT2D eigenvalue weighted by Crippen LogP contribution is 2.76. The van der Waals surface area contributed by atoms with Crippen LogP contribution in [0.1, 0.15) is 44.9 Å². The zero-order chi connectivity index (χ0) is 14.1. The minimum Gasteiger partial charge on any atom is -0.349 e. The van der Waals surface area contributed by atoms with Crippen molar-refractivity contribution in [1.29, 1.82) is 0 Å². The van der Waals surface area contributed by atoms with Gasteiger partial charge >= 0.3 is 0 Å². The van der Waals surface area contributed by atoms with Crippen LogP contribution in [0.5, 0.6) is 0 Å². The molecule has 7 bridgehead atoms. The molecule has 5 saturated carbocycles. The number of piperidine rings is 1. The molecule has 120 valence electrons. The van der Waals surface area contributed by atoms with Gasteiger partial charge in [0.05, 0.1) is 11.7 Å².